The van der Waals surface area contributed by atoms with Crippen LogP contribution in [0.1, 0.15) is 13.3 Å². The Balaban J connectivity index is 0. The fourth-order valence-electron chi connectivity index (χ4n) is 0.721. The molecule has 0 rings (SSSR count). The molecule has 0 spiro atoms. The molecule has 0 aliphatic heterocycles. The first-order chi connectivity index (χ1) is 6.64. The molecule has 0 aromatic heterocycles. The van der Waals surface area contributed by atoms with Gasteiger partial charge in [0.05, 0.1) is 0 Å². The van der Waals surface area contributed by atoms with Gasteiger partial charge in [0.1, 0.15) is 6.23 Å². The van der Waals surface area contributed by atoms with Gasteiger partial charge in [-0.1, -0.05) is 0 Å². The Bertz CT molecular complexity index is 352. The Morgan fingerprint density at radius 3 is 2.19 bits per heavy atom. The second-order valence-electron chi connectivity index (χ2n) is 2.72. The van der Waals surface area contributed by atoms with Crippen LogP contribution in [0.5, 0.6) is 0 Å². The van der Waals surface area contributed by atoms with Gasteiger partial charge in [-0.15, -0.1) is 0 Å². The smallest absolute Gasteiger partial charge is 0.550 e. The third-order valence-corrected chi connectivity index (χ3v) is 2.35. The minimum absolute atomic E-state index is 0. The number of carboxylic acid groups (broad SMARTS) is 1. The van der Waals surface area contributed by atoms with Crippen LogP contribution in [0, 0.1) is 0 Å². The molecule has 0 radical (unpaired) electrons. The molecule has 0 aromatic rings. The van der Waals surface area contributed by atoms with E-state index in [-0.39, 0.29) is 29.6 Å². The summed E-state index contributed by atoms with van der Waals surface area (Å²) in [6.45, 7) is 1.23. The van der Waals surface area contributed by atoms with Crippen molar-refractivity contribution in [3.63, 3.8) is 0 Å². The molecule has 2 atom stereocenters. The molecular formula is C6H10NNaO7S. The predicted molar refractivity (Wildman–Crippen MR) is 44.7 cm³/mol. The van der Waals surface area contributed by atoms with Crippen LogP contribution in [-0.4, -0.2) is 36.4 Å². The van der Waals surface area contributed by atoms with Crippen LogP contribution in [-0.2, 0) is 24.4 Å². The van der Waals surface area contributed by atoms with E-state index in [1.807, 2.05) is 0 Å². The first-order valence-electron chi connectivity index (χ1n) is 3.76. The Morgan fingerprint density at radius 1 is 1.50 bits per heavy atom. The Kier molecular flexibility index (Phi) is 8.18. The van der Waals surface area contributed by atoms with Gasteiger partial charge in [-0.2, -0.15) is 8.42 Å². The molecule has 10 heteroatoms. The van der Waals surface area contributed by atoms with Gasteiger partial charge in [-0.25, -0.2) is 0 Å². The first-order valence-corrected chi connectivity index (χ1v) is 5.27. The minimum Gasteiger partial charge on any atom is -0.550 e. The van der Waals surface area contributed by atoms with Crippen LogP contribution in [0.25, 0.3) is 0 Å². The molecule has 0 saturated carbocycles. The molecule has 0 heterocycles. The van der Waals surface area contributed by atoms with E-state index in [2.05, 4.69) is 4.74 Å². The van der Waals surface area contributed by atoms with Gasteiger partial charge in [0, 0.05) is 12.4 Å². The predicted octanol–water partition coefficient (Wildman–Crippen LogP) is -5.77. The molecule has 0 saturated heterocycles. The van der Waals surface area contributed by atoms with Gasteiger partial charge < -0.3 is 14.6 Å². The summed E-state index contributed by atoms with van der Waals surface area (Å²) in [6.07, 6.45) is -2.30. The first kappa shape index (κ1) is 18.2. The average molecular weight is 263 g/mol. The summed E-state index contributed by atoms with van der Waals surface area (Å²) in [4.78, 5) is 21.1. The zero-order chi connectivity index (χ0) is 12.2. The maximum absolute atomic E-state index is 11.0. The topological polar surface area (TPSA) is 147 Å². The van der Waals surface area contributed by atoms with Crippen molar-refractivity contribution < 1.29 is 62.0 Å². The molecule has 0 amide bonds. The fourth-order valence-corrected chi connectivity index (χ4v) is 1.37. The van der Waals surface area contributed by atoms with Gasteiger partial charge >= 0.3 is 35.5 Å². The van der Waals surface area contributed by atoms with E-state index in [0.717, 1.165) is 0 Å². The standard InChI is InChI=1S/C6H11NO7S.Na/c1-3(7)14-6(10)4(2-5(8)9)15(11,12)13;/h3-4H,2,7H2,1H3,(H,8,9)(H,11,12,13);/q;+1/p-1. The number of hydrogen-bond donors (Lipinski definition) is 2. The molecule has 0 bridgehead atoms. The number of esters is 1. The minimum atomic E-state index is -4.86. The number of aliphatic carboxylic acids is 1. The zero-order valence-electron chi connectivity index (χ0n) is 8.74. The van der Waals surface area contributed by atoms with Crippen LogP contribution >= 0.6 is 0 Å². The van der Waals surface area contributed by atoms with Gasteiger partial charge in [0.2, 0.25) is 0 Å². The van der Waals surface area contributed by atoms with Crippen LogP contribution < -0.4 is 40.4 Å². The fraction of sp³-hybridized carbons (Fsp3) is 0.667. The molecule has 0 aliphatic rings. The number of carboxylic acids is 1. The van der Waals surface area contributed by atoms with Crippen molar-refractivity contribution in [1.82, 2.24) is 0 Å². The number of carbonyl (C=O) groups is 2. The number of carbonyl (C=O) groups excluding carboxylic acids is 2. The second-order valence-corrected chi connectivity index (χ2v) is 4.32. The van der Waals surface area contributed by atoms with Crippen LogP contribution in [0.4, 0.5) is 0 Å². The number of ether oxygens (including phenoxy) is 1. The molecule has 2 unspecified atom stereocenters. The molecule has 3 N–H and O–H groups in total. The van der Waals surface area contributed by atoms with Gasteiger partial charge in [-0.3, -0.25) is 15.1 Å². The van der Waals surface area contributed by atoms with E-state index < -0.39 is 40.0 Å². The van der Waals surface area contributed by atoms with Crippen molar-refractivity contribution in [2.45, 2.75) is 24.8 Å². The average Bonchev–Trinajstić information content (AvgIpc) is 1.95. The third-order valence-electron chi connectivity index (χ3n) is 1.28. The van der Waals surface area contributed by atoms with E-state index in [1.54, 1.807) is 0 Å². The molecule has 16 heavy (non-hydrogen) atoms. The van der Waals surface area contributed by atoms with E-state index >= 15 is 0 Å². The largest absolute Gasteiger partial charge is 1.00 e. The summed E-state index contributed by atoms with van der Waals surface area (Å²) >= 11 is 0. The van der Waals surface area contributed by atoms with E-state index in [9.17, 15) is 23.1 Å². The van der Waals surface area contributed by atoms with Gasteiger partial charge in [-0.05, 0) is 6.92 Å². The molecule has 0 fully saturated rings. The van der Waals surface area contributed by atoms with Crippen molar-refractivity contribution in [1.29, 1.82) is 0 Å². The van der Waals surface area contributed by atoms with Crippen LogP contribution in [0.3, 0.4) is 0 Å². The zero-order valence-corrected chi connectivity index (χ0v) is 11.6. The number of hydrogen-bond acceptors (Lipinski definition) is 7. The SMILES string of the molecule is CC(N)OC(=O)C(CC(=O)[O-])S(=O)(=O)O.[Na+]. The van der Waals surface area contributed by atoms with Crippen LogP contribution in [0.2, 0.25) is 0 Å². The summed E-state index contributed by atoms with van der Waals surface area (Å²) in [5, 5.41) is 7.91. The summed E-state index contributed by atoms with van der Waals surface area (Å²) in [6, 6.07) is 0. The van der Waals surface area contributed by atoms with Crippen LogP contribution in [0.15, 0.2) is 0 Å². The summed E-state index contributed by atoms with van der Waals surface area (Å²) in [7, 11) is -4.86. The van der Waals surface area contributed by atoms with E-state index in [4.69, 9.17) is 10.3 Å². The Labute approximate surface area is 114 Å². The molecular weight excluding hydrogens is 253 g/mol. The van der Waals surface area contributed by atoms with Crippen molar-refractivity contribution in [2.75, 3.05) is 0 Å². The Morgan fingerprint density at radius 2 is 1.94 bits per heavy atom. The van der Waals surface area contributed by atoms with E-state index in [1.165, 1.54) is 6.92 Å². The van der Waals surface area contributed by atoms with Crippen molar-refractivity contribution in [2.24, 2.45) is 5.73 Å². The molecule has 0 aromatic carbocycles. The van der Waals surface area contributed by atoms with Gasteiger partial charge in [0.25, 0.3) is 10.1 Å². The van der Waals surface area contributed by atoms with Crippen molar-refractivity contribution >= 4 is 22.1 Å². The normalized spacial score (nSPS) is 14.4. The summed E-state index contributed by atoms with van der Waals surface area (Å²) in [5.41, 5.74) is 5.02. The molecule has 88 valence electrons. The third kappa shape index (κ3) is 7.14. The molecule has 8 nitrogen and oxygen atoms in total. The number of rotatable bonds is 5. The maximum Gasteiger partial charge on any atom is 1.00 e. The van der Waals surface area contributed by atoms with Gasteiger partial charge in [0.15, 0.2) is 5.25 Å². The van der Waals surface area contributed by atoms with E-state index in [0.29, 0.717) is 0 Å². The second kappa shape index (κ2) is 7.20. The summed E-state index contributed by atoms with van der Waals surface area (Å²) in [5.74, 6) is -3.24. The monoisotopic (exact) mass is 263 g/mol. The maximum atomic E-state index is 11.0. The number of nitrogens with two attached hydrogens (primary N) is 1. The molecule has 0 aliphatic carbocycles. The quantitative estimate of drug-likeness (QED) is 0.216. The van der Waals surface area contributed by atoms with Crippen molar-refractivity contribution in [3.8, 4) is 0 Å². The summed E-state index contributed by atoms with van der Waals surface area (Å²) < 4.78 is 34.0. The Hall–Kier alpha value is -0.190. The van der Waals surface area contributed by atoms with Crippen molar-refractivity contribution in [3.05, 3.63) is 0 Å².